The molecule has 0 aliphatic heterocycles. The number of carboxylic acids is 1. The van der Waals surface area contributed by atoms with Gasteiger partial charge in [0.05, 0.1) is 11.3 Å². The van der Waals surface area contributed by atoms with Gasteiger partial charge in [0.25, 0.3) is 0 Å². The van der Waals surface area contributed by atoms with Crippen LogP contribution in [0.5, 0.6) is 0 Å². The smallest absolute Gasteiger partial charge is 0.338 e. The minimum Gasteiger partial charge on any atom is -0.478 e. The Kier molecular flexibility index (Phi) is 5.69. The van der Waals surface area contributed by atoms with E-state index in [2.05, 4.69) is 5.32 Å². The first kappa shape index (κ1) is 15.4. The number of benzene rings is 1. The van der Waals surface area contributed by atoms with Crippen LogP contribution in [0.15, 0.2) is 12.1 Å². The summed E-state index contributed by atoms with van der Waals surface area (Å²) in [6.45, 7) is 2.36. The van der Waals surface area contributed by atoms with Gasteiger partial charge in [-0.05, 0) is 24.5 Å². The molecule has 0 spiro atoms. The number of carboxylic acid groups (broad SMARTS) is 1. The van der Waals surface area contributed by atoms with Gasteiger partial charge in [-0.2, -0.15) is 0 Å². The first-order valence-electron chi connectivity index (χ1n) is 6.07. The van der Waals surface area contributed by atoms with Crippen LogP contribution >= 0.6 is 0 Å². The minimum absolute atomic E-state index is 0.0367. The molecule has 1 aromatic carbocycles. The SMILES string of the molecule is CCC(CCO)CNc1ccc(C(=O)O)c(F)c1F. The fraction of sp³-hybridized carbons (Fsp3) is 0.462. The normalized spacial score (nSPS) is 12.2. The summed E-state index contributed by atoms with van der Waals surface area (Å²) in [5.74, 6) is -3.92. The molecule has 0 saturated heterocycles. The Balaban J connectivity index is 2.80. The molecule has 1 aromatic rings. The molecule has 0 radical (unpaired) electrons. The number of aliphatic hydroxyl groups is 1. The van der Waals surface area contributed by atoms with E-state index in [1.54, 1.807) is 0 Å². The lowest BCUT2D eigenvalue weighted by molar-refractivity contribution is 0.0690. The second-order valence-corrected chi connectivity index (χ2v) is 4.26. The fourth-order valence-corrected chi connectivity index (χ4v) is 1.74. The quantitative estimate of drug-likeness (QED) is 0.714. The van der Waals surface area contributed by atoms with Crippen LogP contribution in [0.4, 0.5) is 14.5 Å². The lowest BCUT2D eigenvalue weighted by Gasteiger charge is -2.16. The van der Waals surface area contributed by atoms with Gasteiger partial charge in [0.2, 0.25) is 0 Å². The van der Waals surface area contributed by atoms with E-state index in [0.717, 1.165) is 12.5 Å². The predicted molar refractivity (Wildman–Crippen MR) is 67.3 cm³/mol. The van der Waals surface area contributed by atoms with Gasteiger partial charge in [0.1, 0.15) is 0 Å². The van der Waals surface area contributed by atoms with Crippen molar-refractivity contribution in [2.24, 2.45) is 5.92 Å². The van der Waals surface area contributed by atoms with Crippen LogP contribution in [0.25, 0.3) is 0 Å². The second kappa shape index (κ2) is 7.04. The van der Waals surface area contributed by atoms with Crippen molar-refractivity contribution >= 4 is 11.7 Å². The Bertz CT molecular complexity index is 452. The highest BCUT2D eigenvalue weighted by Gasteiger charge is 2.18. The molecule has 0 aliphatic carbocycles. The van der Waals surface area contributed by atoms with Crippen molar-refractivity contribution in [1.82, 2.24) is 0 Å². The lowest BCUT2D eigenvalue weighted by Crippen LogP contribution is -2.16. The first-order chi connectivity index (χ1) is 9.01. The molecule has 1 rings (SSSR count). The van der Waals surface area contributed by atoms with Crippen molar-refractivity contribution in [2.75, 3.05) is 18.5 Å². The maximum Gasteiger partial charge on any atom is 0.338 e. The van der Waals surface area contributed by atoms with E-state index in [1.165, 1.54) is 6.07 Å². The fourth-order valence-electron chi connectivity index (χ4n) is 1.74. The first-order valence-corrected chi connectivity index (χ1v) is 6.07. The van der Waals surface area contributed by atoms with Gasteiger partial charge < -0.3 is 15.5 Å². The molecule has 1 unspecified atom stereocenters. The summed E-state index contributed by atoms with van der Waals surface area (Å²) in [6.07, 6.45) is 1.37. The summed E-state index contributed by atoms with van der Waals surface area (Å²) < 4.78 is 27.0. The largest absolute Gasteiger partial charge is 0.478 e. The maximum atomic E-state index is 13.6. The number of nitrogens with one attached hydrogen (secondary N) is 1. The monoisotopic (exact) mass is 273 g/mol. The van der Waals surface area contributed by atoms with E-state index in [4.69, 9.17) is 10.2 Å². The lowest BCUT2D eigenvalue weighted by atomic mass is 10.0. The molecule has 1 atom stereocenters. The highest BCUT2D eigenvalue weighted by molar-refractivity contribution is 5.88. The van der Waals surface area contributed by atoms with Crippen LogP contribution in [-0.2, 0) is 0 Å². The number of rotatable bonds is 7. The van der Waals surface area contributed by atoms with Crippen molar-refractivity contribution in [3.05, 3.63) is 29.3 Å². The van der Waals surface area contributed by atoms with Crippen LogP contribution in [-0.4, -0.2) is 29.3 Å². The summed E-state index contributed by atoms with van der Waals surface area (Å²) in [5.41, 5.74) is -0.760. The van der Waals surface area contributed by atoms with E-state index < -0.39 is 23.2 Å². The molecule has 0 saturated carbocycles. The number of hydrogen-bond acceptors (Lipinski definition) is 3. The van der Waals surface area contributed by atoms with Crippen molar-refractivity contribution < 1.29 is 23.8 Å². The third-order valence-corrected chi connectivity index (χ3v) is 3.01. The van der Waals surface area contributed by atoms with E-state index >= 15 is 0 Å². The Morgan fingerprint density at radius 2 is 2.05 bits per heavy atom. The zero-order valence-electron chi connectivity index (χ0n) is 10.6. The number of aromatic carboxylic acids is 1. The van der Waals surface area contributed by atoms with Crippen LogP contribution in [0.3, 0.4) is 0 Å². The number of hydrogen-bond donors (Lipinski definition) is 3. The standard InChI is InChI=1S/C13H17F2NO3/c1-2-8(5-6-17)7-16-10-4-3-9(13(18)19)11(14)12(10)15/h3-4,8,16-17H,2,5-7H2,1H3,(H,18,19). The molecule has 106 valence electrons. The molecule has 19 heavy (non-hydrogen) atoms. The molecule has 0 fully saturated rings. The van der Waals surface area contributed by atoms with E-state index in [-0.39, 0.29) is 18.2 Å². The average molecular weight is 273 g/mol. The van der Waals surface area contributed by atoms with Gasteiger partial charge in [-0.15, -0.1) is 0 Å². The van der Waals surface area contributed by atoms with Gasteiger partial charge in [-0.1, -0.05) is 13.3 Å². The molecule has 0 aliphatic rings. The minimum atomic E-state index is -1.50. The van der Waals surface area contributed by atoms with Gasteiger partial charge in [0, 0.05) is 13.2 Å². The molecule has 0 aromatic heterocycles. The third kappa shape index (κ3) is 3.89. The van der Waals surface area contributed by atoms with Crippen LogP contribution in [0.1, 0.15) is 30.1 Å². The second-order valence-electron chi connectivity index (χ2n) is 4.26. The van der Waals surface area contributed by atoms with E-state index in [1.807, 2.05) is 6.92 Å². The third-order valence-electron chi connectivity index (χ3n) is 3.01. The number of halogens is 2. The van der Waals surface area contributed by atoms with Crippen LogP contribution in [0, 0.1) is 17.6 Å². The summed E-state index contributed by atoms with van der Waals surface area (Å²) >= 11 is 0. The van der Waals surface area contributed by atoms with Crippen LogP contribution < -0.4 is 5.32 Å². The summed E-state index contributed by atoms with van der Waals surface area (Å²) in [4.78, 5) is 10.6. The van der Waals surface area contributed by atoms with Crippen molar-refractivity contribution in [3.8, 4) is 0 Å². The molecular formula is C13H17F2NO3. The highest BCUT2D eigenvalue weighted by atomic mass is 19.2. The number of anilines is 1. The summed E-state index contributed by atoms with van der Waals surface area (Å²) in [5, 5.41) is 20.2. The van der Waals surface area contributed by atoms with Crippen LogP contribution in [0.2, 0.25) is 0 Å². The topological polar surface area (TPSA) is 69.6 Å². The molecule has 0 bridgehead atoms. The average Bonchev–Trinajstić information content (AvgIpc) is 2.38. The summed E-state index contributed by atoms with van der Waals surface area (Å²) in [7, 11) is 0. The maximum absolute atomic E-state index is 13.6. The Morgan fingerprint density at radius 3 is 2.58 bits per heavy atom. The van der Waals surface area contributed by atoms with E-state index in [0.29, 0.717) is 13.0 Å². The molecule has 0 heterocycles. The predicted octanol–water partition coefficient (Wildman–Crippen LogP) is 2.48. The van der Waals surface area contributed by atoms with Gasteiger partial charge in [0.15, 0.2) is 11.6 Å². The zero-order valence-corrected chi connectivity index (χ0v) is 10.6. The highest BCUT2D eigenvalue weighted by Crippen LogP contribution is 2.21. The van der Waals surface area contributed by atoms with Crippen molar-refractivity contribution in [1.29, 1.82) is 0 Å². The summed E-state index contributed by atoms with van der Waals surface area (Å²) in [6, 6.07) is 2.23. The Hall–Kier alpha value is -1.69. The molecule has 0 amide bonds. The van der Waals surface area contributed by atoms with Gasteiger partial charge in [-0.25, -0.2) is 13.6 Å². The van der Waals surface area contributed by atoms with Gasteiger partial charge in [-0.3, -0.25) is 0 Å². The van der Waals surface area contributed by atoms with Crippen molar-refractivity contribution in [3.63, 3.8) is 0 Å². The van der Waals surface area contributed by atoms with Gasteiger partial charge >= 0.3 is 5.97 Å². The molecule has 3 N–H and O–H groups in total. The zero-order chi connectivity index (χ0) is 14.4. The molecular weight excluding hydrogens is 256 g/mol. The molecule has 6 heteroatoms. The number of aliphatic hydroxyl groups excluding tert-OH is 1. The number of carbonyl (C=O) groups is 1. The Labute approximate surface area is 110 Å². The van der Waals surface area contributed by atoms with Crippen molar-refractivity contribution in [2.45, 2.75) is 19.8 Å². The Morgan fingerprint density at radius 1 is 1.37 bits per heavy atom. The van der Waals surface area contributed by atoms with E-state index in [9.17, 15) is 13.6 Å². The molecule has 4 nitrogen and oxygen atoms in total.